The van der Waals surface area contributed by atoms with Crippen LogP contribution in [0.1, 0.15) is 17.3 Å². The van der Waals surface area contributed by atoms with Gasteiger partial charge in [0, 0.05) is 5.56 Å². The standard InChI is InChI=1S/C17H14FN3O2S2/c1-2-23-12-7-8-13-14(9-12)25-17(19-13)21-16(24)20-15(22)10-3-5-11(18)6-4-10/h3-9H,2H2,1H3,(H2,19,20,21,22,24). The maximum Gasteiger partial charge on any atom is 0.257 e. The second kappa shape index (κ2) is 7.54. The van der Waals surface area contributed by atoms with Crippen molar-refractivity contribution in [3.63, 3.8) is 0 Å². The van der Waals surface area contributed by atoms with Gasteiger partial charge in [0.25, 0.3) is 5.91 Å². The number of aromatic nitrogens is 1. The van der Waals surface area contributed by atoms with E-state index in [9.17, 15) is 9.18 Å². The first kappa shape index (κ1) is 17.2. The summed E-state index contributed by atoms with van der Waals surface area (Å²) in [7, 11) is 0. The summed E-state index contributed by atoms with van der Waals surface area (Å²) in [6.45, 7) is 2.51. The number of ether oxygens (including phenoxy) is 1. The van der Waals surface area contributed by atoms with Crippen LogP contribution in [0, 0.1) is 5.82 Å². The minimum absolute atomic E-state index is 0.124. The Morgan fingerprint density at radius 2 is 2.04 bits per heavy atom. The molecule has 3 rings (SSSR count). The first-order valence-electron chi connectivity index (χ1n) is 7.46. The van der Waals surface area contributed by atoms with Gasteiger partial charge in [0.05, 0.1) is 16.8 Å². The molecule has 0 bridgehead atoms. The zero-order chi connectivity index (χ0) is 17.8. The van der Waals surface area contributed by atoms with Crippen LogP contribution in [0.5, 0.6) is 5.75 Å². The Morgan fingerprint density at radius 1 is 1.28 bits per heavy atom. The molecule has 1 aromatic heterocycles. The van der Waals surface area contributed by atoms with Crippen LogP contribution < -0.4 is 15.4 Å². The molecule has 0 fully saturated rings. The fourth-order valence-corrected chi connectivity index (χ4v) is 3.27. The number of rotatable bonds is 4. The Morgan fingerprint density at radius 3 is 2.76 bits per heavy atom. The van der Waals surface area contributed by atoms with Crippen LogP contribution in [0.25, 0.3) is 10.2 Å². The lowest BCUT2D eigenvalue weighted by molar-refractivity contribution is 0.0977. The van der Waals surface area contributed by atoms with Gasteiger partial charge in [-0.15, -0.1) is 0 Å². The van der Waals surface area contributed by atoms with Crippen molar-refractivity contribution in [3.05, 3.63) is 53.8 Å². The SMILES string of the molecule is CCOc1ccc2nc(NC(=S)NC(=O)c3ccc(F)cc3)sc2c1. The molecular formula is C17H14FN3O2S2. The fraction of sp³-hybridized carbons (Fsp3) is 0.118. The molecule has 0 aliphatic rings. The minimum atomic E-state index is -0.419. The number of halogens is 1. The van der Waals surface area contributed by atoms with Gasteiger partial charge in [-0.2, -0.15) is 0 Å². The maximum absolute atomic E-state index is 12.9. The molecule has 3 aromatic rings. The van der Waals surface area contributed by atoms with Gasteiger partial charge in [0.1, 0.15) is 11.6 Å². The van der Waals surface area contributed by atoms with Gasteiger partial charge in [0.15, 0.2) is 10.2 Å². The van der Waals surface area contributed by atoms with Crippen LogP contribution in [0.3, 0.4) is 0 Å². The van der Waals surface area contributed by atoms with E-state index in [2.05, 4.69) is 15.6 Å². The summed E-state index contributed by atoms with van der Waals surface area (Å²) in [4.78, 5) is 16.5. The van der Waals surface area contributed by atoms with Crippen LogP contribution >= 0.6 is 23.6 Å². The van der Waals surface area contributed by atoms with E-state index in [4.69, 9.17) is 17.0 Å². The molecule has 2 N–H and O–H groups in total. The van der Waals surface area contributed by atoms with Crippen LogP contribution in [0.2, 0.25) is 0 Å². The Bertz CT molecular complexity index is 925. The average Bonchev–Trinajstić information content (AvgIpc) is 2.96. The summed E-state index contributed by atoms with van der Waals surface area (Å²) in [6.07, 6.45) is 0. The topological polar surface area (TPSA) is 63.2 Å². The van der Waals surface area contributed by atoms with Gasteiger partial charge in [-0.1, -0.05) is 11.3 Å². The highest BCUT2D eigenvalue weighted by molar-refractivity contribution is 7.80. The van der Waals surface area contributed by atoms with Crippen LogP contribution in [0.4, 0.5) is 9.52 Å². The molecule has 0 saturated heterocycles. The molecule has 2 aromatic carbocycles. The second-order valence-corrected chi connectivity index (χ2v) is 6.44. The number of thiocarbonyl (C=S) groups is 1. The van der Waals surface area contributed by atoms with Crippen molar-refractivity contribution in [2.75, 3.05) is 11.9 Å². The van der Waals surface area contributed by atoms with E-state index in [1.165, 1.54) is 35.6 Å². The number of benzene rings is 2. The second-order valence-electron chi connectivity index (χ2n) is 5.00. The molecule has 5 nitrogen and oxygen atoms in total. The molecule has 128 valence electrons. The largest absolute Gasteiger partial charge is 0.494 e. The van der Waals surface area contributed by atoms with Crippen molar-refractivity contribution in [1.82, 2.24) is 10.3 Å². The quantitative estimate of drug-likeness (QED) is 0.676. The van der Waals surface area contributed by atoms with Crippen molar-refractivity contribution in [3.8, 4) is 5.75 Å². The Hall–Kier alpha value is -2.58. The molecule has 0 unspecified atom stereocenters. The zero-order valence-corrected chi connectivity index (χ0v) is 14.8. The third-order valence-electron chi connectivity index (χ3n) is 3.22. The number of fused-ring (bicyclic) bond motifs is 1. The summed E-state index contributed by atoms with van der Waals surface area (Å²) in [6, 6.07) is 10.8. The number of anilines is 1. The van der Waals surface area contributed by atoms with E-state index in [0.717, 1.165) is 16.0 Å². The summed E-state index contributed by atoms with van der Waals surface area (Å²) < 4.78 is 19.3. The number of hydrogen-bond donors (Lipinski definition) is 2. The average molecular weight is 375 g/mol. The monoisotopic (exact) mass is 375 g/mol. The minimum Gasteiger partial charge on any atom is -0.494 e. The number of hydrogen-bond acceptors (Lipinski definition) is 5. The molecule has 1 heterocycles. The Kier molecular flexibility index (Phi) is 5.20. The number of carbonyl (C=O) groups excluding carboxylic acids is 1. The molecule has 8 heteroatoms. The highest BCUT2D eigenvalue weighted by Crippen LogP contribution is 2.29. The van der Waals surface area contributed by atoms with Crippen molar-refractivity contribution in [2.24, 2.45) is 0 Å². The van der Waals surface area contributed by atoms with Crippen molar-refractivity contribution >= 4 is 49.9 Å². The van der Waals surface area contributed by atoms with Gasteiger partial charge in [-0.25, -0.2) is 9.37 Å². The molecule has 0 aliphatic heterocycles. The van der Waals surface area contributed by atoms with Crippen molar-refractivity contribution in [1.29, 1.82) is 0 Å². The summed E-state index contributed by atoms with van der Waals surface area (Å²) in [5, 5.41) is 6.11. The van der Waals surface area contributed by atoms with Gasteiger partial charge >= 0.3 is 0 Å². The normalized spacial score (nSPS) is 10.5. The summed E-state index contributed by atoms with van der Waals surface area (Å²) >= 11 is 6.53. The highest BCUT2D eigenvalue weighted by Gasteiger charge is 2.10. The lowest BCUT2D eigenvalue weighted by Gasteiger charge is -2.06. The van der Waals surface area contributed by atoms with Crippen LogP contribution in [-0.4, -0.2) is 22.6 Å². The van der Waals surface area contributed by atoms with E-state index in [1.807, 2.05) is 25.1 Å². The lowest BCUT2D eigenvalue weighted by atomic mass is 10.2. The third kappa shape index (κ3) is 4.28. The molecule has 0 atom stereocenters. The maximum atomic E-state index is 12.9. The predicted molar refractivity (Wildman–Crippen MR) is 101 cm³/mol. The molecule has 25 heavy (non-hydrogen) atoms. The Balaban J connectivity index is 1.67. The van der Waals surface area contributed by atoms with E-state index >= 15 is 0 Å². The summed E-state index contributed by atoms with van der Waals surface area (Å²) in [5.74, 6) is -0.0484. The molecular weight excluding hydrogens is 361 g/mol. The predicted octanol–water partition coefficient (Wildman–Crippen LogP) is 3.96. The van der Waals surface area contributed by atoms with Crippen molar-refractivity contribution in [2.45, 2.75) is 6.92 Å². The molecule has 0 radical (unpaired) electrons. The summed E-state index contributed by atoms with van der Waals surface area (Å²) in [5.41, 5.74) is 1.12. The fourth-order valence-electron chi connectivity index (χ4n) is 2.12. The van der Waals surface area contributed by atoms with Gasteiger partial charge < -0.3 is 10.1 Å². The van der Waals surface area contributed by atoms with E-state index in [1.54, 1.807) is 0 Å². The van der Waals surface area contributed by atoms with Crippen molar-refractivity contribution < 1.29 is 13.9 Å². The molecule has 0 spiro atoms. The van der Waals surface area contributed by atoms with E-state index < -0.39 is 11.7 Å². The molecule has 1 amide bonds. The van der Waals surface area contributed by atoms with Gasteiger partial charge in [0.2, 0.25) is 0 Å². The van der Waals surface area contributed by atoms with E-state index in [-0.39, 0.29) is 5.11 Å². The molecule has 0 saturated carbocycles. The smallest absolute Gasteiger partial charge is 0.257 e. The Labute approximate surface area is 152 Å². The highest BCUT2D eigenvalue weighted by atomic mass is 32.1. The number of nitrogens with one attached hydrogen (secondary N) is 2. The number of thiazole rings is 1. The van der Waals surface area contributed by atoms with Crippen LogP contribution in [-0.2, 0) is 0 Å². The first-order valence-corrected chi connectivity index (χ1v) is 8.69. The number of nitrogens with zero attached hydrogens (tertiary/aromatic N) is 1. The van der Waals surface area contributed by atoms with Gasteiger partial charge in [-0.05, 0) is 61.6 Å². The van der Waals surface area contributed by atoms with E-state index in [0.29, 0.717) is 17.3 Å². The zero-order valence-electron chi connectivity index (χ0n) is 13.2. The number of amides is 1. The first-order chi connectivity index (χ1) is 12.0. The molecule has 0 aliphatic carbocycles. The number of carbonyl (C=O) groups is 1. The third-order valence-corrected chi connectivity index (χ3v) is 4.36. The van der Waals surface area contributed by atoms with Crippen LogP contribution in [0.15, 0.2) is 42.5 Å². The lowest BCUT2D eigenvalue weighted by Crippen LogP contribution is -2.34. The van der Waals surface area contributed by atoms with Gasteiger partial charge in [-0.3, -0.25) is 10.1 Å².